The Kier molecular flexibility index (Phi) is 2.50. The lowest BCUT2D eigenvalue weighted by molar-refractivity contribution is -0.294. The highest BCUT2D eigenvalue weighted by atomic mass is 16.3. The first kappa shape index (κ1) is 15.4. The Labute approximate surface area is 149 Å². The molecule has 136 valence electrons. The van der Waals surface area contributed by atoms with Crippen LogP contribution < -0.4 is 0 Å². The summed E-state index contributed by atoms with van der Waals surface area (Å²) in [5.74, 6) is 1.37. The zero-order chi connectivity index (χ0) is 17.4. The molecule has 4 heteroatoms. The van der Waals surface area contributed by atoms with Crippen molar-refractivity contribution in [2.24, 2.45) is 28.6 Å². The summed E-state index contributed by atoms with van der Waals surface area (Å²) < 4.78 is 0. The lowest BCUT2D eigenvalue weighted by Crippen LogP contribution is -2.75. The number of ketones is 1. The van der Waals surface area contributed by atoms with Gasteiger partial charge < -0.3 is 10.2 Å². The minimum absolute atomic E-state index is 0.0691. The molecule has 2 N–H and O–H groups in total. The number of piperidine rings is 1. The normalized spacial score (nSPS) is 59.4. The van der Waals surface area contributed by atoms with Crippen molar-refractivity contribution < 1.29 is 15.0 Å². The first-order chi connectivity index (χ1) is 11.8. The van der Waals surface area contributed by atoms with Gasteiger partial charge >= 0.3 is 0 Å². The van der Waals surface area contributed by atoms with Gasteiger partial charge in [-0.15, -0.1) is 0 Å². The van der Waals surface area contributed by atoms with Crippen LogP contribution in [0, 0.1) is 28.6 Å². The molecule has 2 saturated heterocycles. The van der Waals surface area contributed by atoms with E-state index >= 15 is 0 Å². The number of allylic oxidation sites excluding steroid dienone is 1. The summed E-state index contributed by atoms with van der Waals surface area (Å²) in [5, 5.41) is 24.0. The van der Waals surface area contributed by atoms with Crippen molar-refractivity contribution in [2.45, 2.75) is 70.1 Å². The Bertz CT molecular complexity index is 745. The zero-order valence-electron chi connectivity index (χ0n) is 15.3. The fourth-order valence-corrected chi connectivity index (χ4v) is 8.75. The molecule has 4 nitrogen and oxygen atoms in total. The smallest absolute Gasteiger partial charge is 0.160 e. The molecule has 6 aliphatic rings. The lowest BCUT2D eigenvalue weighted by atomic mass is 9.42. The Morgan fingerprint density at radius 2 is 1.92 bits per heavy atom. The zero-order valence-corrected chi connectivity index (χ0v) is 15.3. The molecular formula is C21H29NO3. The van der Waals surface area contributed by atoms with E-state index < -0.39 is 16.7 Å². The second-order valence-electron chi connectivity index (χ2n) is 10.3. The summed E-state index contributed by atoms with van der Waals surface area (Å²) in [5.41, 5.74) is -0.515. The van der Waals surface area contributed by atoms with Crippen LogP contribution in [0.5, 0.6) is 0 Å². The molecule has 2 aliphatic heterocycles. The molecule has 0 aromatic heterocycles. The van der Waals surface area contributed by atoms with Gasteiger partial charge in [0.2, 0.25) is 0 Å². The molecule has 0 amide bonds. The predicted molar refractivity (Wildman–Crippen MR) is 92.5 cm³/mol. The van der Waals surface area contributed by atoms with E-state index in [4.69, 9.17) is 0 Å². The summed E-state index contributed by atoms with van der Waals surface area (Å²) in [4.78, 5) is 15.4. The van der Waals surface area contributed by atoms with Gasteiger partial charge in [-0.3, -0.25) is 9.69 Å². The second kappa shape index (κ2) is 4.07. The Hall–Kier alpha value is -0.710. The number of rotatable bonds is 0. The molecule has 25 heavy (non-hydrogen) atoms. The lowest BCUT2D eigenvalue weighted by Gasteiger charge is -2.69. The summed E-state index contributed by atoms with van der Waals surface area (Å²) >= 11 is 0. The van der Waals surface area contributed by atoms with Crippen molar-refractivity contribution in [3.05, 3.63) is 11.1 Å². The van der Waals surface area contributed by atoms with Crippen LogP contribution in [0.3, 0.4) is 0 Å². The van der Waals surface area contributed by atoms with E-state index in [2.05, 4.69) is 18.7 Å². The van der Waals surface area contributed by atoms with Gasteiger partial charge in [-0.1, -0.05) is 13.8 Å². The van der Waals surface area contributed by atoms with Crippen molar-refractivity contribution in [1.82, 2.24) is 4.90 Å². The molecule has 0 aromatic rings. The fraction of sp³-hybridized carbons (Fsp3) is 0.857. The van der Waals surface area contributed by atoms with Crippen molar-refractivity contribution in [2.75, 3.05) is 13.1 Å². The number of aliphatic hydroxyl groups is 2. The first-order valence-electron chi connectivity index (χ1n) is 10.2. The van der Waals surface area contributed by atoms with Crippen molar-refractivity contribution in [3.63, 3.8) is 0 Å². The van der Waals surface area contributed by atoms with Gasteiger partial charge in [-0.25, -0.2) is 0 Å². The number of carbonyl (C=O) groups is 1. The van der Waals surface area contributed by atoms with Gasteiger partial charge in [0.05, 0.1) is 11.0 Å². The Morgan fingerprint density at radius 1 is 1.12 bits per heavy atom. The average Bonchev–Trinajstić information content (AvgIpc) is 3.13. The van der Waals surface area contributed by atoms with Crippen molar-refractivity contribution in [1.29, 1.82) is 0 Å². The van der Waals surface area contributed by atoms with E-state index in [9.17, 15) is 15.0 Å². The maximum absolute atomic E-state index is 13.1. The summed E-state index contributed by atoms with van der Waals surface area (Å²) in [6, 6.07) is 0. The third-order valence-corrected chi connectivity index (χ3v) is 9.77. The van der Waals surface area contributed by atoms with Gasteiger partial charge in [0.1, 0.15) is 5.72 Å². The van der Waals surface area contributed by atoms with E-state index in [0.29, 0.717) is 31.1 Å². The quantitative estimate of drug-likeness (QED) is 0.708. The van der Waals surface area contributed by atoms with Crippen LogP contribution in [0.15, 0.2) is 11.1 Å². The summed E-state index contributed by atoms with van der Waals surface area (Å²) in [7, 11) is 0. The third kappa shape index (κ3) is 1.29. The van der Waals surface area contributed by atoms with Crippen molar-refractivity contribution >= 4 is 5.78 Å². The highest BCUT2D eigenvalue weighted by Crippen LogP contribution is 2.78. The van der Waals surface area contributed by atoms with E-state index in [1.165, 1.54) is 0 Å². The van der Waals surface area contributed by atoms with Gasteiger partial charge in [0, 0.05) is 25.4 Å². The molecule has 3 unspecified atom stereocenters. The first-order valence-corrected chi connectivity index (χ1v) is 10.2. The topological polar surface area (TPSA) is 60.8 Å². The molecule has 4 fully saturated rings. The van der Waals surface area contributed by atoms with Crippen LogP contribution in [0.4, 0.5) is 0 Å². The number of carbonyl (C=O) groups excluding carboxylic acids is 1. The molecule has 0 aromatic carbocycles. The number of hydrogen-bond acceptors (Lipinski definition) is 4. The van der Waals surface area contributed by atoms with Gasteiger partial charge in [0.15, 0.2) is 5.78 Å². The average molecular weight is 343 g/mol. The van der Waals surface area contributed by atoms with E-state index in [1.54, 1.807) is 0 Å². The largest absolute Gasteiger partial charge is 0.385 e. The molecular weight excluding hydrogens is 314 g/mol. The minimum atomic E-state index is -0.939. The third-order valence-electron chi connectivity index (χ3n) is 9.77. The van der Waals surface area contributed by atoms with Crippen LogP contribution in [0.25, 0.3) is 0 Å². The standard InChI is InChI=1S/C21H29NO3/c1-12-10-22-11-13-3-7-19(24)8-4-14-16(23)9-20(17(14)19)18(13,2)6-5-15(12)21(20,22)25/h12-13,15,24-25H,3-11H2,1-2H3/t12-,13?,15?,18-,19-,20?,21+/m0/s1. The number of hydrogen-bond donors (Lipinski definition) is 2. The molecule has 2 saturated carbocycles. The maximum atomic E-state index is 13.1. The molecule has 4 bridgehead atoms. The fourth-order valence-electron chi connectivity index (χ4n) is 8.75. The van der Waals surface area contributed by atoms with E-state index in [1.807, 2.05) is 0 Å². The molecule has 6 rings (SSSR count). The van der Waals surface area contributed by atoms with Crippen LogP contribution in [0.2, 0.25) is 0 Å². The summed E-state index contributed by atoms with van der Waals surface area (Å²) in [6.45, 7) is 6.48. The highest BCUT2D eigenvalue weighted by Gasteiger charge is 2.81. The minimum Gasteiger partial charge on any atom is -0.385 e. The van der Waals surface area contributed by atoms with Gasteiger partial charge in [0.25, 0.3) is 0 Å². The molecule has 1 spiro atoms. The monoisotopic (exact) mass is 343 g/mol. The van der Waals surface area contributed by atoms with Crippen molar-refractivity contribution in [3.8, 4) is 0 Å². The maximum Gasteiger partial charge on any atom is 0.160 e. The van der Waals surface area contributed by atoms with Crippen LogP contribution >= 0.6 is 0 Å². The molecule has 4 aliphatic carbocycles. The summed E-state index contributed by atoms with van der Waals surface area (Å²) in [6.07, 6.45) is 5.76. The van der Waals surface area contributed by atoms with Crippen LogP contribution in [-0.2, 0) is 4.79 Å². The molecule has 7 atom stereocenters. The Morgan fingerprint density at radius 3 is 2.72 bits per heavy atom. The number of nitrogens with zero attached hydrogens (tertiary/aromatic N) is 1. The predicted octanol–water partition coefficient (Wildman–Crippen LogP) is 2.25. The van der Waals surface area contributed by atoms with Crippen LogP contribution in [-0.4, -0.2) is 45.3 Å². The second-order valence-corrected chi connectivity index (χ2v) is 10.3. The van der Waals surface area contributed by atoms with Gasteiger partial charge in [-0.2, -0.15) is 0 Å². The Balaban J connectivity index is 1.72. The van der Waals surface area contributed by atoms with E-state index in [0.717, 1.165) is 49.9 Å². The van der Waals surface area contributed by atoms with E-state index in [-0.39, 0.29) is 17.1 Å². The number of Topliss-reactive ketones (excluding diaryl/α,β-unsaturated/α-hetero) is 1. The van der Waals surface area contributed by atoms with Crippen LogP contribution in [0.1, 0.15) is 58.8 Å². The SMILES string of the molecule is C[C@H]1CN2CC3CC[C@]4(O)CCC5=C4C4(CC5=O)[C@@]3(C)CCC1[C@]24O. The molecule has 2 heterocycles. The van der Waals surface area contributed by atoms with Gasteiger partial charge in [-0.05, 0) is 66.9 Å². The molecule has 0 radical (unpaired) electrons. The highest BCUT2D eigenvalue weighted by molar-refractivity contribution is 6.02.